The second kappa shape index (κ2) is 6.30. The van der Waals surface area contributed by atoms with E-state index in [2.05, 4.69) is 13.0 Å². The van der Waals surface area contributed by atoms with E-state index in [-0.39, 0.29) is 12.0 Å². The van der Waals surface area contributed by atoms with Crippen LogP contribution in [0.1, 0.15) is 38.2 Å². The number of halogens is 1. The molecule has 19 heavy (non-hydrogen) atoms. The molecule has 102 valence electrons. The Kier molecular flexibility index (Phi) is 4.71. The minimum Gasteiger partial charge on any atom is -0.489 e. The van der Waals surface area contributed by atoms with Crippen molar-refractivity contribution in [1.29, 1.82) is 5.26 Å². The first-order valence-electron chi connectivity index (χ1n) is 6.96. The fourth-order valence-corrected chi connectivity index (χ4v) is 3.00. The van der Waals surface area contributed by atoms with Crippen LogP contribution in [0.15, 0.2) is 18.2 Å². The molecule has 1 aromatic carbocycles. The Morgan fingerprint density at radius 2 is 2.21 bits per heavy atom. The van der Waals surface area contributed by atoms with Gasteiger partial charge >= 0.3 is 0 Å². The van der Waals surface area contributed by atoms with Crippen molar-refractivity contribution in [2.24, 2.45) is 11.8 Å². The third-order valence-corrected chi connectivity index (χ3v) is 4.29. The van der Waals surface area contributed by atoms with Crippen LogP contribution in [0.2, 0.25) is 5.02 Å². The predicted octanol–water partition coefficient (Wildman–Crippen LogP) is 4.75. The average Bonchev–Trinajstić information content (AvgIpc) is 2.41. The highest BCUT2D eigenvalue weighted by atomic mass is 35.5. The maximum Gasteiger partial charge on any atom is 0.122 e. The molecule has 1 fully saturated rings. The molecule has 3 unspecified atom stereocenters. The standard InChI is InChI=1S/C16H20ClNO/c1-3-12-4-5-13(10-18)16(9-12)19-15-7-6-14(17)8-11(15)2/h6-8,12-13,16H,3-5,9H2,1-2H3. The van der Waals surface area contributed by atoms with E-state index in [9.17, 15) is 5.26 Å². The van der Waals surface area contributed by atoms with Gasteiger partial charge in [0.2, 0.25) is 0 Å². The Morgan fingerprint density at radius 3 is 2.84 bits per heavy atom. The summed E-state index contributed by atoms with van der Waals surface area (Å²) in [5.74, 6) is 1.55. The summed E-state index contributed by atoms with van der Waals surface area (Å²) in [6, 6.07) is 8.04. The van der Waals surface area contributed by atoms with Gasteiger partial charge < -0.3 is 4.74 Å². The first-order valence-corrected chi connectivity index (χ1v) is 7.34. The zero-order valence-corrected chi connectivity index (χ0v) is 12.3. The lowest BCUT2D eigenvalue weighted by Gasteiger charge is -2.32. The van der Waals surface area contributed by atoms with E-state index in [0.717, 1.165) is 42.0 Å². The van der Waals surface area contributed by atoms with Gasteiger partial charge in [-0.25, -0.2) is 0 Å². The van der Waals surface area contributed by atoms with Crippen LogP contribution in [-0.4, -0.2) is 6.10 Å². The minimum atomic E-state index is 0.0119. The molecule has 0 saturated heterocycles. The lowest BCUT2D eigenvalue weighted by molar-refractivity contribution is 0.0886. The summed E-state index contributed by atoms with van der Waals surface area (Å²) in [4.78, 5) is 0. The molecule has 1 aliphatic carbocycles. The number of ether oxygens (including phenoxy) is 1. The topological polar surface area (TPSA) is 33.0 Å². The summed E-state index contributed by atoms with van der Waals surface area (Å²) in [7, 11) is 0. The highest BCUT2D eigenvalue weighted by Crippen LogP contribution is 2.34. The van der Waals surface area contributed by atoms with Crippen LogP contribution < -0.4 is 4.74 Å². The molecule has 0 radical (unpaired) electrons. The van der Waals surface area contributed by atoms with Crippen molar-refractivity contribution in [3.63, 3.8) is 0 Å². The smallest absolute Gasteiger partial charge is 0.122 e. The molecule has 0 aromatic heterocycles. The molecule has 0 heterocycles. The van der Waals surface area contributed by atoms with Crippen molar-refractivity contribution in [1.82, 2.24) is 0 Å². The summed E-state index contributed by atoms with van der Waals surface area (Å²) >= 11 is 5.95. The summed E-state index contributed by atoms with van der Waals surface area (Å²) in [6.45, 7) is 4.20. The summed E-state index contributed by atoms with van der Waals surface area (Å²) in [5.41, 5.74) is 1.03. The van der Waals surface area contributed by atoms with Crippen molar-refractivity contribution in [3.8, 4) is 11.8 Å². The van der Waals surface area contributed by atoms with Gasteiger partial charge in [0.1, 0.15) is 11.9 Å². The molecule has 1 aliphatic rings. The van der Waals surface area contributed by atoms with Crippen molar-refractivity contribution in [2.75, 3.05) is 0 Å². The zero-order valence-electron chi connectivity index (χ0n) is 11.5. The molecule has 1 aromatic rings. The van der Waals surface area contributed by atoms with Crippen molar-refractivity contribution < 1.29 is 4.74 Å². The quantitative estimate of drug-likeness (QED) is 0.799. The van der Waals surface area contributed by atoms with E-state index < -0.39 is 0 Å². The van der Waals surface area contributed by atoms with Gasteiger partial charge in [0, 0.05) is 5.02 Å². The molecule has 2 nitrogen and oxygen atoms in total. The van der Waals surface area contributed by atoms with Crippen molar-refractivity contribution >= 4 is 11.6 Å². The normalized spacial score (nSPS) is 26.7. The molecular formula is C16H20ClNO. The average molecular weight is 278 g/mol. The van der Waals surface area contributed by atoms with E-state index in [1.54, 1.807) is 0 Å². The Bertz CT molecular complexity index is 480. The molecule has 0 bridgehead atoms. The molecule has 3 heteroatoms. The maximum atomic E-state index is 9.26. The van der Waals surface area contributed by atoms with Gasteiger partial charge in [-0.05, 0) is 55.9 Å². The van der Waals surface area contributed by atoms with Crippen LogP contribution in [0, 0.1) is 30.1 Å². The SMILES string of the molecule is CCC1CCC(C#N)C(Oc2ccc(Cl)cc2C)C1. The number of benzene rings is 1. The number of nitrogens with zero attached hydrogens (tertiary/aromatic N) is 1. The molecule has 2 rings (SSSR count). The van der Waals surface area contributed by atoms with E-state index in [0.29, 0.717) is 5.92 Å². The van der Waals surface area contributed by atoms with Crippen LogP contribution in [0.4, 0.5) is 0 Å². The second-order valence-corrected chi connectivity index (χ2v) is 5.83. The number of aryl methyl sites for hydroxylation is 1. The van der Waals surface area contributed by atoms with E-state index in [1.165, 1.54) is 0 Å². The van der Waals surface area contributed by atoms with Gasteiger partial charge in [0.15, 0.2) is 0 Å². The molecule has 3 atom stereocenters. The Labute approximate surface area is 120 Å². The summed E-state index contributed by atoms with van der Waals surface area (Å²) in [5, 5.41) is 9.98. The van der Waals surface area contributed by atoms with Crippen LogP contribution >= 0.6 is 11.6 Å². The maximum absolute atomic E-state index is 9.26. The fraction of sp³-hybridized carbons (Fsp3) is 0.562. The van der Waals surface area contributed by atoms with Gasteiger partial charge in [-0.3, -0.25) is 0 Å². The lowest BCUT2D eigenvalue weighted by Crippen LogP contribution is -2.33. The third-order valence-electron chi connectivity index (χ3n) is 4.06. The van der Waals surface area contributed by atoms with Crippen LogP contribution in [0.3, 0.4) is 0 Å². The van der Waals surface area contributed by atoms with E-state index in [4.69, 9.17) is 16.3 Å². The number of rotatable bonds is 3. The monoisotopic (exact) mass is 277 g/mol. The minimum absolute atomic E-state index is 0.0119. The molecule has 0 N–H and O–H groups in total. The number of hydrogen-bond donors (Lipinski definition) is 0. The van der Waals surface area contributed by atoms with Crippen LogP contribution in [0.25, 0.3) is 0 Å². The van der Waals surface area contributed by atoms with Gasteiger partial charge in [0.25, 0.3) is 0 Å². The third kappa shape index (κ3) is 3.42. The second-order valence-electron chi connectivity index (χ2n) is 5.39. The summed E-state index contributed by atoms with van der Waals surface area (Å²) in [6.07, 6.45) is 4.26. The highest BCUT2D eigenvalue weighted by Gasteiger charge is 2.31. The molecule has 0 aliphatic heterocycles. The van der Waals surface area contributed by atoms with Crippen molar-refractivity contribution in [3.05, 3.63) is 28.8 Å². The first kappa shape index (κ1) is 14.2. The van der Waals surface area contributed by atoms with Gasteiger partial charge in [-0.1, -0.05) is 24.9 Å². The molecular weight excluding hydrogens is 258 g/mol. The van der Waals surface area contributed by atoms with E-state index in [1.807, 2.05) is 25.1 Å². The predicted molar refractivity (Wildman–Crippen MR) is 77.3 cm³/mol. The van der Waals surface area contributed by atoms with E-state index >= 15 is 0 Å². The molecule has 0 spiro atoms. The van der Waals surface area contributed by atoms with Crippen molar-refractivity contribution in [2.45, 2.75) is 45.6 Å². The summed E-state index contributed by atoms with van der Waals surface area (Å²) < 4.78 is 6.10. The van der Waals surface area contributed by atoms with Crippen LogP contribution in [0.5, 0.6) is 5.75 Å². The Morgan fingerprint density at radius 1 is 1.42 bits per heavy atom. The fourth-order valence-electron chi connectivity index (χ4n) is 2.77. The zero-order chi connectivity index (χ0) is 13.8. The largest absolute Gasteiger partial charge is 0.489 e. The Hall–Kier alpha value is -1.20. The molecule has 0 amide bonds. The van der Waals surface area contributed by atoms with Gasteiger partial charge in [-0.15, -0.1) is 0 Å². The molecule has 1 saturated carbocycles. The van der Waals surface area contributed by atoms with Gasteiger partial charge in [0.05, 0.1) is 12.0 Å². The lowest BCUT2D eigenvalue weighted by atomic mass is 9.79. The number of hydrogen-bond acceptors (Lipinski definition) is 2. The highest BCUT2D eigenvalue weighted by molar-refractivity contribution is 6.30. The Balaban J connectivity index is 2.12. The van der Waals surface area contributed by atoms with Crippen LogP contribution in [-0.2, 0) is 0 Å². The first-order chi connectivity index (χ1) is 9.13. The van der Waals surface area contributed by atoms with Gasteiger partial charge in [-0.2, -0.15) is 5.26 Å². The number of nitriles is 1.